The van der Waals surface area contributed by atoms with E-state index in [-0.39, 0.29) is 5.91 Å². The van der Waals surface area contributed by atoms with Crippen molar-refractivity contribution in [2.45, 2.75) is 13.8 Å². The van der Waals surface area contributed by atoms with Gasteiger partial charge in [0.05, 0.1) is 0 Å². The number of likely N-dealkylation sites (N-methyl/N-ethyl adjacent to an activating group) is 1. The molecule has 1 aliphatic heterocycles. The SMILES string of the molecule is Cc1cc(C)cc(NC(=O)c2cccc(N3CCN(C)CC3)n2)c1. The molecule has 1 fully saturated rings. The van der Waals surface area contributed by atoms with Gasteiger partial charge >= 0.3 is 0 Å². The lowest BCUT2D eigenvalue weighted by molar-refractivity contribution is 0.102. The third-order valence-electron chi connectivity index (χ3n) is 4.27. The number of amides is 1. The van der Waals surface area contributed by atoms with Crippen LogP contribution >= 0.6 is 0 Å². The second-order valence-electron chi connectivity index (χ2n) is 6.50. The van der Waals surface area contributed by atoms with Gasteiger partial charge in [0.25, 0.3) is 5.91 Å². The van der Waals surface area contributed by atoms with Crippen LogP contribution in [0.25, 0.3) is 0 Å². The van der Waals surface area contributed by atoms with Gasteiger partial charge in [-0.3, -0.25) is 4.79 Å². The fraction of sp³-hybridized carbons (Fsp3) is 0.368. The molecule has 1 aromatic carbocycles. The molecule has 24 heavy (non-hydrogen) atoms. The van der Waals surface area contributed by atoms with Gasteiger partial charge < -0.3 is 15.1 Å². The van der Waals surface area contributed by atoms with Crippen LogP contribution in [0.5, 0.6) is 0 Å². The van der Waals surface area contributed by atoms with Crippen molar-refractivity contribution in [2.24, 2.45) is 0 Å². The smallest absolute Gasteiger partial charge is 0.274 e. The first-order valence-electron chi connectivity index (χ1n) is 8.31. The predicted molar refractivity (Wildman–Crippen MR) is 97.8 cm³/mol. The van der Waals surface area contributed by atoms with Crippen LogP contribution in [0.15, 0.2) is 36.4 Å². The minimum absolute atomic E-state index is 0.170. The lowest BCUT2D eigenvalue weighted by Gasteiger charge is -2.33. The van der Waals surface area contributed by atoms with Crippen molar-refractivity contribution in [2.75, 3.05) is 43.4 Å². The van der Waals surface area contributed by atoms with Crippen molar-refractivity contribution in [1.29, 1.82) is 0 Å². The number of rotatable bonds is 3. The number of hydrogen-bond acceptors (Lipinski definition) is 4. The van der Waals surface area contributed by atoms with Gasteiger partial charge in [-0.2, -0.15) is 0 Å². The van der Waals surface area contributed by atoms with Crippen LogP contribution in [0.4, 0.5) is 11.5 Å². The average Bonchev–Trinajstić information content (AvgIpc) is 2.54. The first-order chi connectivity index (χ1) is 11.5. The predicted octanol–water partition coefficient (Wildman–Crippen LogP) is 2.70. The Morgan fingerprint density at radius 3 is 2.38 bits per heavy atom. The van der Waals surface area contributed by atoms with Gasteiger partial charge in [-0.15, -0.1) is 0 Å². The number of nitrogens with one attached hydrogen (secondary N) is 1. The number of carbonyl (C=O) groups is 1. The monoisotopic (exact) mass is 324 g/mol. The highest BCUT2D eigenvalue weighted by Crippen LogP contribution is 2.17. The van der Waals surface area contributed by atoms with Gasteiger partial charge in [0, 0.05) is 31.9 Å². The molecule has 3 rings (SSSR count). The quantitative estimate of drug-likeness (QED) is 0.943. The topological polar surface area (TPSA) is 48.5 Å². The van der Waals surface area contributed by atoms with Crippen LogP contribution in [0, 0.1) is 13.8 Å². The molecule has 0 unspecified atom stereocenters. The number of nitrogens with zero attached hydrogens (tertiary/aromatic N) is 3. The zero-order valence-corrected chi connectivity index (χ0v) is 14.5. The molecule has 2 heterocycles. The number of hydrogen-bond donors (Lipinski definition) is 1. The minimum atomic E-state index is -0.170. The largest absolute Gasteiger partial charge is 0.354 e. The van der Waals surface area contributed by atoms with Gasteiger partial charge in [0.2, 0.25) is 0 Å². The summed E-state index contributed by atoms with van der Waals surface area (Å²) in [6.45, 7) is 7.95. The zero-order valence-electron chi connectivity index (χ0n) is 14.5. The van der Waals surface area contributed by atoms with Crippen LogP contribution in [0.3, 0.4) is 0 Å². The zero-order chi connectivity index (χ0) is 17.1. The van der Waals surface area contributed by atoms with Gasteiger partial charge in [0.1, 0.15) is 11.5 Å². The highest BCUT2D eigenvalue weighted by molar-refractivity contribution is 6.03. The Morgan fingerprint density at radius 1 is 1.04 bits per heavy atom. The molecule has 2 aromatic rings. The fourth-order valence-corrected chi connectivity index (χ4v) is 3.00. The average molecular weight is 324 g/mol. The van der Waals surface area contributed by atoms with Crippen molar-refractivity contribution in [1.82, 2.24) is 9.88 Å². The molecule has 0 atom stereocenters. The summed E-state index contributed by atoms with van der Waals surface area (Å²) < 4.78 is 0. The summed E-state index contributed by atoms with van der Waals surface area (Å²) in [6, 6.07) is 11.7. The first-order valence-corrected chi connectivity index (χ1v) is 8.31. The number of piperazine rings is 1. The van der Waals surface area contributed by atoms with E-state index < -0.39 is 0 Å². The molecule has 1 amide bonds. The summed E-state index contributed by atoms with van der Waals surface area (Å²) in [7, 11) is 2.12. The molecule has 1 aliphatic rings. The summed E-state index contributed by atoms with van der Waals surface area (Å²) in [5, 5.41) is 2.95. The lowest BCUT2D eigenvalue weighted by atomic mass is 10.1. The molecule has 0 bridgehead atoms. The second-order valence-corrected chi connectivity index (χ2v) is 6.50. The Morgan fingerprint density at radius 2 is 1.71 bits per heavy atom. The number of carbonyl (C=O) groups excluding carboxylic acids is 1. The van der Waals surface area contributed by atoms with Crippen molar-refractivity contribution in [3.8, 4) is 0 Å². The Kier molecular flexibility index (Phi) is 4.81. The Balaban J connectivity index is 1.74. The van der Waals surface area contributed by atoms with Crippen molar-refractivity contribution in [3.05, 3.63) is 53.2 Å². The summed E-state index contributed by atoms with van der Waals surface area (Å²) in [4.78, 5) is 21.6. The van der Waals surface area contributed by atoms with E-state index in [0.29, 0.717) is 5.69 Å². The molecule has 1 saturated heterocycles. The third kappa shape index (κ3) is 3.92. The van der Waals surface area contributed by atoms with E-state index in [1.807, 2.05) is 38.1 Å². The Hall–Kier alpha value is -2.40. The normalized spacial score (nSPS) is 15.4. The number of aromatic nitrogens is 1. The fourth-order valence-electron chi connectivity index (χ4n) is 3.00. The van der Waals surface area contributed by atoms with Crippen molar-refractivity contribution in [3.63, 3.8) is 0 Å². The summed E-state index contributed by atoms with van der Waals surface area (Å²) >= 11 is 0. The van der Waals surface area contributed by atoms with Gasteiger partial charge in [-0.05, 0) is 56.3 Å². The van der Waals surface area contributed by atoms with E-state index in [9.17, 15) is 4.79 Å². The van der Waals surface area contributed by atoms with E-state index >= 15 is 0 Å². The van der Waals surface area contributed by atoms with E-state index in [0.717, 1.165) is 48.8 Å². The van der Waals surface area contributed by atoms with Gasteiger partial charge in [0.15, 0.2) is 0 Å². The van der Waals surface area contributed by atoms with Gasteiger partial charge in [-0.1, -0.05) is 12.1 Å². The lowest BCUT2D eigenvalue weighted by Crippen LogP contribution is -2.44. The molecule has 5 nitrogen and oxygen atoms in total. The minimum Gasteiger partial charge on any atom is -0.354 e. The van der Waals surface area contributed by atoms with Crippen molar-refractivity contribution >= 4 is 17.4 Å². The van der Waals surface area contributed by atoms with Crippen LogP contribution < -0.4 is 10.2 Å². The molecule has 1 aromatic heterocycles. The number of pyridine rings is 1. The Bertz CT molecular complexity index is 716. The standard InChI is InChI=1S/C19H24N4O/c1-14-11-15(2)13-16(12-14)20-19(24)17-5-4-6-18(21-17)23-9-7-22(3)8-10-23/h4-6,11-13H,7-10H2,1-3H3,(H,20,24). The number of benzene rings is 1. The first kappa shape index (κ1) is 16.5. The maximum Gasteiger partial charge on any atom is 0.274 e. The maximum absolute atomic E-state index is 12.5. The van der Waals surface area contributed by atoms with Crippen LogP contribution in [-0.2, 0) is 0 Å². The van der Waals surface area contributed by atoms with E-state index in [1.165, 1.54) is 0 Å². The van der Waals surface area contributed by atoms with E-state index in [4.69, 9.17) is 0 Å². The molecular formula is C19H24N4O. The number of anilines is 2. The molecule has 0 spiro atoms. The van der Waals surface area contributed by atoms with Crippen LogP contribution in [0.2, 0.25) is 0 Å². The highest BCUT2D eigenvalue weighted by atomic mass is 16.1. The molecule has 0 saturated carbocycles. The van der Waals surface area contributed by atoms with Crippen molar-refractivity contribution < 1.29 is 4.79 Å². The summed E-state index contributed by atoms with van der Waals surface area (Å²) in [6.07, 6.45) is 0. The number of aryl methyl sites for hydroxylation is 2. The Labute approximate surface area is 143 Å². The van der Waals surface area contributed by atoms with E-state index in [1.54, 1.807) is 6.07 Å². The molecule has 1 N–H and O–H groups in total. The second kappa shape index (κ2) is 7.01. The van der Waals surface area contributed by atoms with Gasteiger partial charge in [-0.25, -0.2) is 4.98 Å². The molecular weight excluding hydrogens is 300 g/mol. The van der Waals surface area contributed by atoms with E-state index in [2.05, 4.69) is 33.2 Å². The molecule has 0 aliphatic carbocycles. The third-order valence-corrected chi connectivity index (χ3v) is 4.27. The van der Waals surface area contributed by atoms with Crippen LogP contribution in [0.1, 0.15) is 21.6 Å². The summed E-state index contributed by atoms with van der Waals surface area (Å²) in [5.74, 6) is 0.701. The summed E-state index contributed by atoms with van der Waals surface area (Å²) in [5.41, 5.74) is 3.52. The molecule has 126 valence electrons. The molecule has 0 radical (unpaired) electrons. The molecule has 5 heteroatoms. The maximum atomic E-state index is 12.5. The van der Waals surface area contributed by atoms with Crippen LogP contribution in [-0.4, -0.2) is 49.0 Å². The highest BCUT2D eigenvalue weighted by Gasteiger charge is 2.17.